The predicted octanol–water partition coefficient (Wildman–Crippen LogP) is 1.59. The molecule has 1 unspecified atom stereocenters. The zero-order valence-corrected chi connectivity index (χ0v) is 13.6. The lowest BCUT2D eigenvalue weighted by Gasteiger charge is -2.21. The molecule has 2 N–H and O–H groups in total. The fraction of sp³-hybridized carbons (Fsp3) is 0.500. The van der Waals surface area contributed by atoms with E-state index in [-0.39, 0.29) is 5.92 Å². The van der Waals surface area contributed by atoms with E-state index in [0.29, 0.717) is 13.0 Å². The van der Waals surface area contributed by atoms with Crippen molar-refractivity contribution in [1.29, 1.82) is 0 Å². The largest absolute Gasteiger partial charge is 0.274 e. The molecule has 8 heteroatoms. The minimum Gasteiger partial charge on any atom is -0.274 e. The van der Waals surface area contributed by atoms with Gasteiger partial charge in [-0.25, -0.2) is 18.3 Å². The molecule has 1 atom stereocenters. The maximum atomic E-state index is 13.6. The fourth-order valence-electron chi connectivity index (χ4n) is 1.67. The minimum absolute atomic E-state index is 0.316. The van der Waals surface area contributed by atoms with Crippen LogP contribution in [0.1, 0.15) is 27.2 Å². The molecular weight excluding hydrogens is 311 g/mol. The zero-order chi connectivity index (χ0) is 16.8. The Labute approximate surface area is 130 Å². The second-order valence-corrected chi connectivity index (χ2v) is 6.77. The third kappa shape index (κ3) is 5.04. The van der Waals surface area contributed by atoms with Crippen LogP contribution in [0.2, 0.25) is 0 Å². The van der Waals surface area contributed by atoms with Crippen LogP contribution in [0, 0.1) is 11.7 Å². The average molecular weight is 332 g/mol. The molecule has 0 fully saturated rings. The van der Waals surface area contributed by atoms with Crippen molar-refractivity contribution in [3.63, 3.8) is 0 Å². The Morgan fingerprint density at radius 3 is 2.50 bits per heavy atom. The van der Waals surface area contributed by atoms with Crippen molar-refractivity contribution >= 4 is 15.9 Å². The number of carbonyl (C=O) groups excluding carboxylic acids is 1. The monoisotopic (exact) mass is 332 g/mol. The third-order valence-corrected chi connectivity index (χ3v) is 4.31. The summed E-state index contributed by atoms with van der Waals surface area (Å²) in [5, 5.41) is 0. The number of nitrogens with one attached hydrogen (secondary N) is 2. The van der Waals surface area contributed by atoms with E-state index < -0.39 is 32.7 Å². The predicted molar refractivity (Wildman–Crippen MR) is 79.7 cm³/mol. The van der Waals surface area contributed by atoms with Gasteiger partial charge in [-0.05, 0) is 24.5 Å². The Balaban J connectivity index is 2.91. The third-order valence-electron chi connectivity index (χ3n) is 2.84. The zero-order valence-electron chi connectivity index (χ0n) is 12.8. The number of hydrogen-bond donors (Lipinski definition) is 2. The van der Waals surface area contributed by atoms with Gasteiger partial charge in [0.2, 0.25) is 10.0 Å². The lowest BCUT2D eigenvalue weighted by molar-refractivity contribution is -0.136. The van der Waals surface area contributed by atoms with Gasteiger partial charge in [0.25, 0.3) is 5.91 Å². The maximum Gasteiger partial charge on any atom is 0.261 e. The van der Waals surface area contributed by atoms with Gasteiger partial charge >= 0.3 is 0 Å². The normalized spacial score (nSPS) is 13.1. The van der Waals surface area contributed by atoms with E-state index in [1.54, 1.807) is 13.8 Å². The Kier molecular flexibility index (Phi) is 6.92. The SMILES string of the molecule is CCCONC(=O)C(NS(=O)(=O)c1ccccc1F)C(C)C. The molecular formula is C14H21FN2O4S. The van der Waals surface area contributed by atoms with Crippen molar-refractivity contribution in [2.45, 2.75) is 38.1 Å². The van der Waals surface area contributed by atoms with Crippen LogP contribution in [0.15, 0.2) is 29.2 Å². The summed E-state index contributed by atoms with van der Waals surface area (Å²) in [4.78, 5) is 16.4. The average Bonchev–Trinajstić information content (AvgIpc) is 2.45. The van der Waals surface area contributed by atoms with Gasteiger partial charge < -0.3 is 0 Å². The number of rotatable bonds is 8. The molecule has 1 aromatic carbocycles. The van der Waals surface area contributed by atoms with Crippen LogP contribution in [-0.4, -0.2) is 27.0 Å². The molecule has 0 aromatic heterocycles. The smallest absolute Gasteiger partial charge is 0.261 e. The van der Waals surface area contributed by atoms with Crippen molar-refractivity contribution in [3.8, 4) is 0 Å². The van der Waals surface area contributed by atoms with E-state index in [1.165, 1.54) is 12.1 Å². The van der Waals surface area contributed by atoms with E-state index in [9.17, 15) is 17.6 Å². The van der Waals surface area contributed by atoms with Crippen molar-refractivity contribution < 1.29 is 22.4 Å². The summed E-state index contributed by atoms with van der Waals surface area (Å²) in [6, 6.07) is 3.91. The molecule has 6 nitrogen and oxygen atoms in total. The lowest BCUT2D eigenvalue weighted by Crippen LogP contribution is -2.49. The number of hydroxylamine groups is 1. The molecule has 0 aliphatic carbocycles. The highest BCUT2D eigenvalue weighted by Crippen LogP contribution is 2.15. The summed E-state index contributed by atoms with van der Waals surface area (Å²) in [6.45, 7) is 5.53. The summed E-state index contributed by atoms with van der Waals surface area (Å²) >= 11 is 0. The van der Waals surface area contributed by atoms with Crippen LogP contribution in [0.25, 0.3) is 0 Å². The van der Waals surface area contributed by atoms with Crippen LogP contribution in [0.4, 0.5) is 4.39 Å². The molecule has 0 saturated heterocycles. The van der Waals surface area contributed by atoms with E-state index >= 15 is 0 Å². The Morgan fingerprint density at radius 1 is 1.32 bits per heavy atom. The lowest BCUT2D eigenvalue weighted by atomic mass is 10.1. The first-order valence-electron chi connectivity index (χ1n) is 6.98. The number of amides is 1. The molecule has 0 radical (unpaired) electrons. The van der Waals surface area contributed by atoms with E-state index in [4.69, 9.17) is 4.84 Å². The fourth-order valence-corrected chi connectivity index (χ4v) is 3.10. The quantitative estimate of drug-likeness (QED) is 0.559. The highest BCUT2D eigenvalue weighted by Gasteiger charge is 2.29. The Hall–Kier alpha value is -1.51. The van der Waals surface area contributed by atoms with Gasteiger partial charge in [0, 0.05) is 0 Å². The molecule has 0 saturated carbocycles. The molecule has 1 aromatic rings. The standard InChI is InChI=1S/C14H21FN2O4S/c1-4-9-21-16-14(18)13(10(2)3)17-22(19,20)12-8-6-5-7-11(12)15/h5-8,10,13,17H,4,9H2,1-3H3,(H,16,18). The summed E-state index contributed by atoms with van der Waals surface area (Å²) in [7, 11) is -4.15. The highest BCUT2D eigenvalue weighted by atomic mass is 32.2. The number of benzene rings is 1. The van der Waals surface area contributed by atoms with Gasteiger partial charge in [0.15, 0.2) is 0 Å². The van der Waals surface area contributed by atoms with Gasteiger partial charge in [-0.15, -0.1) is 0 Å². The summed E-state index contributed by atoms with van der Waals surface area (Å²) < 4.78 is 40.3. The molecule has 1 amide bonds. The van der Waals surface area contributed by atoms with Crippen LogP contribution >= 0.6 is 0 Å². The van der Waals surface area contributed by atoms with Crippen LogP contribution < -0.4 is 10.2 Å². The van der Waals surface area contributed by atoms with Crippen LogP contribution in [0.3, 0.4) is 0 Å². The minimum atomic E-state index is -4.15. The molecule has 0 spiro atoms. The first-order valence-corrected chi connectivity index (χ1v) is 8.46. The maximum absolute atomic E-state index is 13.6. The summed E-state index contributed by atoms with van der Waals surface area (Å²) in [5.74, 6) is -1.84. The molecule has 0 aliphatic rings. The van der Waals surface area contributed by atoms with Crippen molar-refractivity contribution in [1.82, 2.24) is 10.2 Å². The molecule has 22 heavy (non-hydrogen) atoms. The summed E-state index contributed by atoms with van der Waals surface area (Å²) in [5.41, 5.74) is 2.19. The molecule has 0 bridgehead atoms. The number of halogens is 1. The second kappa shape index (κ2) is 8.21. The first-order chi connectivity index (χ1) is 10.3. The number of carbonyl (C=O) groups is 1. The first kappa shape index (κ1) is 18.5. The highest BCUT2D eigenvalue weighted by molar-refractivity contribution is 7.89. The van der Waals surface area contributed by atoms with Crippen LogP contribution in [0.5, 0.6) is 0 Å². The molecule has 0 aliphatic heterocycles. The van der Waals surface area contributed by atoms with E-state index in [0.717, 1.165) is 12.1 Å². The molecule has 0 heterocycles. The van der Waals surface area contributed by atoms with Crippen molar-refractivity contribution in [2.24, 2.45) is 5.92 Å². The molecule has 1 rings (SSSR count). The van der Waals surface area contributed by atoms with Crippen molar-refractivity contribution in [3.05, 3.63) is 30.1 Å². The Bertz CT molecular complexity index is 605. The number of hydrogen-bond acceptors (Lipinski definition) is 4. The Morgan fingerprint density at radius 2 is 1.95 bits per heavy atom. The summed E-state index contributed by atoms with van der Waals surface area (Å²) in [6.07, 6.45) is 0.702. The van der Waals surface area contributed by atoms with Crippen molar-refractivity contribution in [2.75, 3.05) is 6.61 Å². The van der Waals surface area contributed by atoms with Gasteiger partial charge in [0.05, 0.1) is 6.61 Å². The van der Waals surface area contributed by atoms with Gasteiger partial charge in [-0.3, -0.25) is 9.63 Å². The van der Waals surface area contributed by atoms with Gasteiger partial charge in [-0.2, -0.15) is 4.72 Å². The van der Waals surface area contributed by atoms with Gasteiger partial charge in [-0.1, -0.05) is 32.9 Å². The number of sulfonamides is 1. The van der Waals surface area contributed by atoms with Gasteiger partial charge in [0.1, 0.15) is 16.8 Å². The van der Waals surface area contributed by atoms with E-state index in [2.05, 4.69) is 10.2 Å². The topological polar surface area (TPSA) is 84.5 Å². The second-order valence-electron chi connectivity index (χ2n) is 5.09. The molecule has 124 valence electrons. The van der Waals surface area contributed by atoms with Crippen LogP contribution in [-0.2, 0) is 19.7 Å². The van der Waals surface area contributed by atoms with E-state index in [1.807, 2.05) is 6.92 Å².